The Balaban J connectivity index is 2.45. The minimum absolute atomic E-state index is 0.222. The van der Waals surface area contributed by atoms with Crippen molar-refractivity contribution in [2.75, 3.05) is 23.0 Å². The van der Waals surface area contributed by atoms with Gasteiger partial charge in [-0.05, 0) is 18.6 Å². The quantitative estimate of drug-likeness (QED) is 0.628. The minimum Gasteiger partial charge on any atom is -0.398 e. The molecule has 5 heteroatoms. The summed E-state index contributed by atoms with van der Waals surface area (Å²) in [4.78, 5) is 0.953. The van der Waals surface area contributed by atoms with Gasteiger partial charge in [-0.25, -0.2) is 8.42 Å². The smallest absolute Gasteiger partial charge is 0.151 e. The van der Waals surface area contributed by atoms with Gasteiger partial charge in [-0.2, -0.15) is 0 Å². The number of nitrogens with two attached hydrogens (primary N) is 1. The highest BCUT2D eigenvalue weighted by Crippen LogP contribution is 2.24. The molecule has 0 aromatic heterocycles. The molecule has 0 amide bonds. The van der Waals surface area contributed by atoms with Crippen LogP contribution in [-0.4, -0.2) is 25.7 Å². The molecule has 0 bridgehead atoms. The van der Waals surface area contributed by atoms with E-state index in [1.54, 1.807) is 0 Å². The molecule has 90 valence electrons. The highest BCUT2D eigenvalue weighted by molar-refractivity contribution is 8.00. The van der Waals surface area contributed by atoms with Crippen LogP contribution in [0.3, 0.4) is 0 Å². The lowest BCUT2D eigenvalue weighted by molar-refractivity contribution is 0.596. The van der Waals surface area contributed by atoms with E-state index in [1.807, 2.05) is 31.2 Å². The van der Waals surface area contributed by atoms with Crippen LogP contribution in [0.15, 0.2) is 29.2 Å². The predicted octanol–water partition coefficient (Wildman–Crippen LogP) is 2.19. The minimum atomic E-state index is -2.88. The summed E-state index contributed by atoms with van der Waals surface area (Å²) in [6, 6.07) is 7.50. The maximum absolute atomic E-state index is 11.5. The fraction of sp³-hybridized carbons (Fsp3) is 0.455. The topological polar surface area (TPSA) is 60.2 Å². The van der Waals surface area contributed by atoms with Crippen LogP contribution < -0.4 is 5.73 Å². The van der Waals surface area contributed by atoms with Crippen molar-refractivity contribution in [3.8, 4) is 0 Å². The number of para-hydroxylation sites is 1. The predicted molar refractivity (Wildman–Crippen MR) is 70.5 cm³/mol. The molecule has 0 unspecified atom stereocenters. The normalized spacial score (nSPS) is 11.6. The van der Waals surface area contributed by atoms with Crippen molar-refractivity contribution in [1.82, 2.24) is 0 Å². The Kier molecular flexibility index (Phi) is 5.15. The van der Waals surface area contributed by atoms with Gasteiger partial charge in [0.2, 0.25) is 0 Å². The van der Waals surface area contributed by atoms with Crippen LogP contribution in [0.1, 0.15) is 13.3 Å². The second kappa shape index (κ2) is 6.15. The van der Waals surface area contributed by atoms with Crippen LogP contribution >= 0.6 is 11.8 Å². The summed E-state index contributed by atoms with van der Waals surface area (Å²) in [6.07, 6.45) is 0.681. The van der Waals surface area contributed by atoms with Gasteiger partial charge in [-0.3, -0.25) is 0 Å². The van der Waals surface area contributed by atoms with Crippen molar-refractivity contribution >= 4 is 27.3 Å². The summed E-state index contributed by atoms with van der Waals surface area (Å²) in [7, 11) is -2.88. The van der Waals surface area contributed by atoms with E-state index in [0.717, 1.165) is 4.90 Å². The first-order valence-electron chi connectivity index (χ1n) is 5.23. The number of benzene rings is 1. The van der Waals surface area contributed by atoms with E-state index in [-0.39, 0.29) is 11.5 Å². The van der Waals surface area contributed by atoms with E-state index in [2.05, 4.69) is 0 Å². The zero-order chi connectivity index (χ0) is 12.0. The van der Waals surface area contributed by atoms with Gasteiger partial charge in [-0.1, -0.05) is 19.1 Å². The number of thioether (sulfide) groups is 1. The van der Waals surface area contributed by atoms with Gasteiger partial charge in [0.25, 0.3) is 0 Å². The van der Waals surface area contributed by atoms with E-state index in [0.29, 0.717) is 17.9 Å². The van der Waals surface area contributed by atoms with Crippen molar-refractivity contribution < 1.29 is 8.42 Å². The van der Waals surface area contributed by atoms with Gasteiger partial charge in [0.15, 0.2) is 9.84 Å². The molecule has 0 saturated heterocycles. The third kappa shape index (κ3) is 4.45. The van der Waals surface area contributed by atoms with Gasteiger partial charge in [0.05, 0.1) is 5.75 Å². The van der Waals surface area contributed by atoms with Gasteiger partial charge in [-0.15, -0.1) is 11.8 Å². The fourth-order valence-corrected chi connectivity index (χ4v) is 4.11. The second-order valence-corrected chi connectivity index (χ2v) is 6.98. The van der Waals surface area contributed by atoms with Crippen LogP contribution in [0.2, 0.25) is 0 Å². The number of sulfone groups is 1. The maximum Gasteiger partial charge on any atom is 0.151 e. The van der Waals surface area contributed by atoms with Crippen LogP contribution in [0.4, 0.5) is 5.69 Å². The third-order valence-corrected chi connectivity index (χ3v) is 5.29. The Bertz CT molecular complexity index is 429. The van der Waals surface area contributed by atoms with Gasteiger partial charge < -0.3 is 5.73 Å². The van der Waals surface area contributed by atoms with Gasteiger partial charge in [0, 0.05) is 22.1 Å². The molecule has 2 N–H and O–H groups in total. The molecule has 0 aliphatic carbocycles. The van der Waals surface area contributed by atoms with E-state index in [4.69, 9.17) is 5.73 Å². The standard InChI is InChI=1S/C11H17NO2S2/c1-2-8-16(13,14)9-7-15-11-6-4-3-5-10(11)12/h3-6H,2,7-9,12H2,1H3. The average molecular weight is 259 g/mol. The number of hydrogen-bond acceptors (Lipinski definition) is 4. The zero-order valence-corrected chi connectivity index (χ0v) is 11.0. The average Bonchev–Trinajstić information content (AvgIpc) is 2.20. The molecule has 1 aromatic carbocycles. The van der Waals surface area contributed by atoms with Crippen molar-refractivity contribution in [3.63, 3.8) is 0 Å². The SMILES string of the molecule is CCCS(=O)(=O)CCSc1ccccc1N. The van der Waals surface area contributed by atoms with E-state index in [1.165, 1.54) is 11.8 Å². The van der Waals surface area contributed by atoms with Crippen LogP contribution in [-0.2, 0) is 9.84 Å². The van der Waals surface area contributed by atoms with Crippen LogP contribution in [0, 0.1) is 0 Å². The summed E-state index contributed by atoms with van der Waals surface area (Å²) >= 11 is 1.50. The largest absolute Gasteiger partial charge is 0.398 e. The number of anilines is 1. The molecule has 1 rings (SSSR count). The van der Waals surface area contributed by atoms with Crippen molar-refractivity contribution in [2.45, 2.75) is 18.2 Å². The van der Waals surface area contributed by atoms with Crippen molar-refractivity contribution in [2.24, 2.45) is 0 Å². The molecule has 0 aliphatic heterocycles. The van der Waals surface area contributed by atoms with Crippen molar-refractivity contribution in [3.05, 3.63) is 24.3 Å². The Morgan fingerprint density at radius 2 is 1.94 bits per heavy atom. The lowest BCUT2D eigenvalue weighted by atomic mass is 10.3. The molecule has 0 atom stereocenters. The third-order valence-electron chi connectivity index (χ3n) is 2.09. The molecule has 0 aliphatic rings. The Morgan fingerprint density at radius 3 is 2.56 bits per heavy atom. The molecular formula is C11H17NO2S2. The monoisotopic (exact) mass is 259 g/mol. The lowest BCUT2D eigenvalue weighted by Crippen LogP contribution is -2.12. The summed E-state index contributed by atoms with van der Waals surface area (Å²) in [6.45, 7) is 1.87. The first kappa shape index (κ1) is 13.4. The number of hydrogen-bond donors (Lipinski definition) is 1. The van der Waals surface area contributed by atoms with Gasteiger partial charge >= 0.3 is 0 Å². The molecular weight excluding hydrogens is 242 g/mol. The summed E-state index contributed by atoms with van der Waals surface area (Å²) < 4.78 is 22.9. The summed E-state index contributed by atoms with van der Waals surface area (Å²) in [5.74, 6) is 1.06. The van der Waals surface area contributed by atoms with Crippen LogP contribution in [0.5, 0.6) is 0 Å². The molecule has 0 saturated carbocycles. The van der Waals surface area contributed by atoms with Crippen molar-refractivity contribution in [1.29, 1.82) is 0 Å². The van der Waals surface area contributed by atoms with E-state index >= 15 is 0 Å². The highest BCUT2D eigenvalue weighted by atomic mass is 32.2. The zero-order valence-electron chi connectivity index (χ0n) is 9.35. The molecule has 3 nitrogen and oxygen atoms in total. The first-order valence-corrected chi connectivity index (χ1v) is 8.03. The van der Waals surface area contributed by atoms with Gasteiger partial charge in [0.1, 0.15) is 0 Å². The first-order chi connectivity index (χ1) is 7.55. The second-order valence-electron chi connectivity index (χ2n) is 3.54. The fourth-order valence-electron chi connectivity index (χ4n) is 1.30. The molecule has 0 fully saturated rings. The maximum atomic E-state index is 11.5. The molecule has 0 spiro atoms. The Morgan fingerprint density at radius 1 is 1.25 bits per heavy atom. The number of nitrogen functional groups attached to an aromatic ring is 1. The lowest BCUT2D eigenvalue weighted by Gasteiger charge is -2.05. The molecule has 1 aromatic rings. The molecule has 0 heterocycles. The number of rotatable bonds is 6. The van der Waals surface area contributed by atoms with E-state index in [9.17, 15) is 8.42 Å². The molecule has 0 radical (unpaired) electrons. The Labute approximate surface area is 101 Å². The molecule has 16 heavy (non-hydrogen) atoms. The Hall–Kier alpha value is -0.680. The summed E-state index contributed by atoms with van der Waals surface area (Å²) in [5.41, 5.74) is 6.47. The highest BCUT2D eigenvalue weighted by Gasteiger charge is 2.09. The van der Waals surface area contributed by atoms with E-state index < -0.39 is 9.84 Å². The van der Waals surface area contributed by atoms with Crippen LogP contribution in [0.25, 0.3) is 0 Å². The summed E-state index contributed by atoms with van der Waals surface area (Å²) in [5, 5.41) is 0.